The van der Waals surface area contributed by atoms with Gasteiger partial charge in [-0.2, -0.15) is 0 Å². The largest absolute Gasteiger partial charge is 0.321 e. The summed E-state index contributed by atoms with van der Waals surface area (Å²) in [6.45, 7) is 3.75. The van der Waals surface area contributed by atoms with Gasteiger partial charge in [-0.15, -0.1) is 0 Å². The van der Waals surface area contributed by atoms with Gasteiger partial charge in [-0.1, -0.05) is 35.9 Å². The minimum Gasteiger partial charge on any atom is -0.321 e. The topological polar surface area (TPSA) is 51.1 Å². The van der Waals surface area contributed by atoms with E-state index in [9.17, 15) is 14.0 Å². The van der Waals surface area contributed by atoms with Crippen LogP contribution in [0.4, 0.5) is 10.1 Å². The van der Waals surface area contributed by atoms with E-state index in [2.05, 4.69) is 5.32 Å². The third-order valence-electron chi connectivity index (χ3n) is 4.36. The first-order valence-electron chi connectivity index (χ1n) is 8.38. The highest BCUT2D eigenvalue weighted by Gasteiger charge is 2.13. The van der Waals surface area contributed by atoms with Crippen molar-refractivity contribution in [2.45, 2.75) is 20.4 Å². The molecule has 0 aliphatic rings. The van der Waals surface area contributed by atoms with Gasteiger partial charge in [0, 0.05) is 28.5 Å². The number of benzene rings is 2. The number of aromatic nitrogens is 1. The van der Waals surface area contributed by atoms with Crippen molar-refractivity contribution in [2.24, 2.45) is 0 Å². The molecule has 0 spiro atoms. The number of anilines is 1. The van der Waals surface area contributed by atoms with Crippen molar-refractivity contribution < 1.29 is 9.18 Å². The summed E-state index contributed by atoms with van der Waals surface area (Å²) in [5.41, 5.74) is 2.76. The molecule has 2 aromatic carbocycles. The number of hydrogen-bond donors (Lipinski definition) is 1. The molecule has 0 radical (unpaired) electrons. The summed E-state index contributed by atoms with van der Waals surface area (Å²) in [4.78, 5) is 24.8. The highest BCUT2D eigenvalue weighted by Crippen LogP contribution is 2.21. The van der Waals surface area contributed by atoms with Gasteiger partial charge in [0.05, 0.1) is 12.1 Å². The zero-order valence-electron chi connectivity index (χ0n) is 14.9. The second-order valence-corrected chi connectivity index (χ2v) is 6.71. The molecule has 27 heavy (non-hydrogen) atoms. The summed E-state index contributed by atoms with van der Waals surface area (Å²) < 4.78 is 15.3. The molecule has 4 nitrogen and oxygen atoms in total. The van der Waals surface area contributed by atoms with Crippen LogP contribution in [0.1, 0.15) is 27.0 Å². The smallest absolute Gasteiger partial charge is 0.257 e. The number of rotatable bonds is 4. The molecular formula is C21H18ClFN2O2. The molecular weight excluding hydrogens is 367 g/mol. The normalized spacial score (nSPS) is 10.7. The van der Waals surface area contributed by atoms with E-state index in [0.717, 1.165) is 16.8 Å². The Morgan fingerprint density at radius 1 is 1.07 bits per heavy atom. The van der Waals surface area contributed by atoms with Crippen LogP contribution >= 0.6 is 11.6 Å². The van der Waals surface area contributed by atoms with Crippen molar-refractivity contribution in [3.63, 3.8) is 0 Å². The van der Waals surface area contributed by atoms with E-state index in [0.29, 0.717) is 5.56 Å². The highest BCUT2D eigenvalue weighted by molar-refractivity contribution is 6.31. The van der Waals surface area contributed by atoms with Gasteiger partial charge < -0.3 is 9.88 Å². The van der Waals surface area contributed by atoms with Crippen molar-refractivity contribution in [3.05, 3.63) is 98.2 Å². The van der Waals surface area contributed by atoms with Crippen LogP contribution in [0.25, 0.3) is 0 Å². The Labute approximate surface area is 161 Å². The van der Waals surface area contributed by atoms with E-state index < -0.39 is 5.82 Å². The Hall–Kier alpha value is -2.92. The number of pyridine rings is 1. The Morgan fingerprint density at radius 2 is 1.74 bits per heavy atom. The Balaban J connectivity index is 1.91. The molecule has 0 aliphatic heterocycles. The van der Waals surface area contributed by atoms with Gasteiger partial charge in [0.15, 0.2) is 0 Å². The fourth-order valence-corrected chi connectivity index (χ4v) is 3.06. The molecule has 0 fully saturated rings. The van der Waals surface area contributed by atoms with Crippen LogP contribution < -0.4 is 10.9 Å². The molecule has 1 N–H and O–H groups in total. The van der Waals surface area contributed by atoms with Crippen molar-refractivity contribution >= 4 is 23.2 Å². The second kappa shape index (κ2) is 7.76. The van der Waals surface area contributed by atoms with E-state index in [1.165, 1.54) is 35.0 Å². The number of aryl methyl sites for hydroxylation is 2. The fourth-order valence-electron chi connectivity index (χ4n) is 2.84. The van der Waals surface area contributed by atoms with Crippen LogP contribution in [-0.2, 0) is 6.54 Å². The standard InChI is InChI=1S/C21H18ClFN2O2/c1-13-5-3-6-14(2)20(13)24-21(27)15-9-10-19(26)25(11-15)12-16-17(22)7-4-8-18(16)23/h3-11H,12H2,1-2H3,(H,24,27). The maximum Gasteiger partial charge on any atom is 0.257 e. The predicted molar refractivity (Wildman–Crippen MR) is 105 cm³/mol. The average molecular weight is 385 g/mol. The van der Waals surface area contributed by atoms with Crippen LogP contribution in [0, 0.1) is 19.7 Å². The van der Waals surface area contributed by atoms with Crippen molar-refractivity contribution in [1.82, 2.24) is 4.57 Å². The Kier molecular flexibility index (Phi) is 5.42. The second-order valence-electron chi connectivity index (χ2n) is 6.31. The highest BCUT2D eigenvalue weighted by atomic mass is 35.5. The van der Waals surface area contributed by atoms with Gasteiger partial charge >= 0.3 is 0 Å². The van der Waals surface area contributed by atoms with Crippen molar-refractivity contribution in [2.75, 3.05) is 5.32 Å². The number of carbonyl (C=O) groups is 1. The molecule has 0 aliphatic carbocycles. The Bertz CT molecular complexity index is 1040. The lowest BCUT2D eigenvalue weighted by atomic mass is 10.1. The number of carbonyl (C=O) groups excluding carboxylic acids is 1. The zero-order valence-corrected chi connectivity index (χ0v) is 15.7. The number of para-hydroxylation sites is 1. The van der Waals surface area contributed by atoms with Crippen molar-refractivity contribution in [3.8, 4) is 0 Å². The van der Waals surface area contributed by atoms with E-state index in [-0.39, 0.29) is 28.6 Å². The molecule has 0 saturated heterocycles. The lowest BCUT2D eigenvalue weighted by Crippen LogP contribution is -2.23. The van der Waals surface area contributed by atoms with Gasteiger partial charge in [-0.05, 0) is 43.2 Å². The molecule has 1 amide bonds. The Morgan fingerprint density at radius 3 is 2.41 bits per heavy atom. The van der Waals surface area contributed by atoms with Crippen LogP contribution in [0.3, 0.4) is 0 Å². The number of hydrogen-bond acceptors (Lipinski definition) is 2. The molecule has 3 rings (SSSR count). The summed E-state index contributed by atoms with van der Waals surface area (Å²) in [7, 11) is 0. The van der Waals surface area contributed by atoms with E-state index in [1.54, 1.807) is 6.07 Å². The van der Waals surface area contributed by atoms with E-state index in [4.69, 9.17) is 11.6 Å². The van der Waals surface area contributed by atoms with Crippen LogP contribution in [0.2, 0.25) is 5.02 Å². The molecule has 3 aromatic rings. The van der Waals surface area contributed by atoms with Gasteiger partial charge in [0.1, 0.15) is 5.82 Å². The number of amides is 1. The van der Waals surface area contributed by atoms with Crippen LogP contribution in [0.15, 0.2) is 59.5 Å². The van der Waals surface area contributed by atoms with Gasteiger partial charge in [0.2, 0.25) is 0 Å². The lowest BCUT2D eigenvalue weighted by Gasteiger charge is -2.13. The average Bonchev–Trinajstić information content (AvgIpc) is 2.63. The maximum absolute atomic E-state index is 14.0. The predicted octanol–water partition coefficient (Wildman–Crippen LogP) is 4.56. The summed E-state index contributed by atoms with van der Waals surface area (Å²) >= 11 is 6.04. The van der Waals surface area contributed by atoms with Gasteiger partial charge in [-0.3, -0.25) is 9.59 Å². The third-order valence-corrected chi connectivity index (χ3v) is 4.71. The fraction of sp³-hybridized carbons (Fsp3) is 0.143. The monoisotopic (exact) mass is 384 g/mol. The van der Waals surface area contributed by atoms with Gasteiger partial charge in [0.25, 0.3) is 11.5 Å². The van der Waals surface area contributed by atoms with Gasteiger partial charge in [-0.25, -0.2) is 4.39 Å². The first kappa shape index (κ1) is 18.9. The van der Waals surface area contributed by atoms with Crippen LogP contribution in [-0.4, -0.2) is 10.5 Å². The molecule has 1 heterocycles. The SMILES string of the molecule is Cc1cccc(C)c1NC(=O)c1ccc(=O)n(Cc2c(F)cccc2Cl)c1. The van der Waals surface area contributed by atoms with Crippen molar-refractivity contribution in [1.29, 1.82) is 0 Å². The van der Waals surface area contributed by atoms with E-state index in [1.807, 2.05) is 32.0 Å². The zero-order chi connectivity index (χ0) is 19.6. The molecule has 6 heteroatoms. The minimum atomic E-state index is -0.500. The maximum atomic E-state index is 14.0. The molecule has 0 bridgehead atoms. The molecule has 0 atom stereocenters. The third kappa shape index (κ3) is 4.09. The molecule has 0 unspecified atom stereocenters. The molecule has 138 valence electrons. The summed E-state index contributed by atoms with van der Waals surface area (Å²) in [5.74, 6) is -0.847. The molecule has 0 saturated carbocycles. The summed E-state index contributed by atoms with van der Waals surface area (Å²) in [6, 6.07) is 12.8. The lowest BCUT2D eigenvalue weighted by molar-refractivity contribution is 0.102. The first-order chi connectivity index (χ1) is 12.9. The number of nitrogens with zero attached hydrogens (tertiary/aromatic N) is 1. The number of halogens is 2. The van der Waals surface area contributed by atoms with Crippen LogP contribution in [0.5, 0.6) is 0 Å². The quantitative estimate of drug-likeness (QED) is 0.717. The minimum absolute atomic E-state index is 0.0607. The summed E-state index contributed by atoms with van der Waals surface area (Å²) in [6.07, 6.45) is 1.41. The van der Waals surface area contributed by atoms with E-state index >= 15 is 0 Å². The molecule has 1 aromatic heterocycles. The summed E-state index contributed by atoms with van der Waals surface area (Å²) in [5, 5.41) is 3.10. The number of nitrogens with one attached hydrogen (secondary N) is 1. The first-order valence-corrected chi connectivity index (χ1v) is 8.75.